The molecule has 0 radical (unpaired) electrons. The first-order chi connectivity index (χ1) is 13.2. The third-order valence-electron chi connectivity index (χ3n) is 4.80. The van der Waals surface area contributed by atoms with E-state index in [1.54, 1.807) is 6.20 Å². The molecule has 0 aliphatic carbocycles. The Morgan fingerprint density at radius 3 is 2.46 bits per heavy atom. The van der Waals surface area contributed by atoms with Gasteiger partial charge in [0.2, 0.25) is 0 Å². The van der Waals surface area contributed by atoms with Crippen LogP contribution in [0.3, 0.4) is 0 Å². The van der Waals surface area contributed by atoms with Crippen molar-refractivity contribution >= 4 is 15.9 Å². The highest BCUT2D eigenvalue weighted by molar-refractivity contribution is 7.90. The number of hydrogen-bond acceptors (Lipinski definition) is 5. The summed E-state index contributed by atoms with van der Waals surface area (Å²) in [7, 11) is -3.28. The van der Waals surface area contributed by atoms with Gasteiger partial charge in [-0.1, -0.05) is 0 Å². The van der Waals surface area contributed by atoms with E-state index >= 15 is 0 Å². The zero-order valence-corrected chi connectivity index (χ0v) is 16.2. The van der Waals surface area contributed by atoms with Crippen LogP contribution in [0.1, 0.15) is 30.0 Å². The second-order valence-corrected chi connectivity index (χ2v) is 8.79. The van der Waals surface area contributed by atoms with E-state index in [1.807, 2.05) is 0 Å². The number of benzene rings is 1. The van der Waals surface area contributed by atoms with Crippen LogP contribution >= 0.6 is 0 Å². The van der Waals surface area contributed by atoms with E-state index in [9.17, 15) is 17.6 Å². The molecular formula is C19H21FN2O5S. The lowest BCUT2D eigenvalue weighted by molar-refractivity contribution is 0.132. The highest BCUT2D eigenvalue weighted by atomic mass is 32.2. The van der Waals surface area contributed by atoms with Gasteiger partial charge in [-0.15, -0.1) is 0 Å². The van der Waals surface area contributed by atoms with Gasteiger partial charge in [-0.2, -0.15) is 0 Å². The predicted molar refractivity (Wildman–Crippen MR) is 99.7 cm³/mol. The zero-order valence-electron chi connectivity index (χ0n) is 15.3. The van der Waals surface area contributed by atoms with Crippen molar-refractivity contribution in [3.8, 4) is 5.75 Å². The monoisotopic (exact) mass is 408 g/mol. The second kappa shape index (κ2) is 8.14. The van der Waals surface area contributed by atoms with Crippen molar-refractivity contribution in [2.75, 3.05) is 19.3 Å². The Bertz CT molecular complexity index is 955. The van der Waals surface area contributed by atoms with Gasteiger partial charge in [0.05, 0.1) is 4.90 Å². The molecule has 0 bridgehead atoms. The third-order valence-corrected chi connectivity index (χ3v) is 5.93. The first-order valence-corrected chi connectivity index (χ1v) is 10.7. The lowest BCUT2D eigenvalue weighted by Crippen LogP contribution is -2.36. The van der Waals surface area contributed by atoms with Crippen molar-refractivity contribution in [1.29, 1.82) is 0 Å². The molecule has 1 aliphatic heterocycles. The molecule has 3 rings (SSSR count). The van der Waals surface area contributed by atoms with Gasteiger partial charge in [-0.05, 0) is 54.7 Å². The van der Waals surface area contributed by atoms with Crippen molar-refractivity contribution in [3.05, 3.63) is 53.6 Å². The molecule has 1 saturated heterocycles. The number of piperidine rings is 1. The molecule has 2 aromatic rings. The summed E-state index contributed by atoms with van der Waals surface area (Å²) in [5.74, 6) is 0.0146. The molecule has 2 heterocycles. The van der Waals surface area contributed by atoms with E-state index in [-0.39, 0.29) is 23.1 Å². The fourth-order valence-corrected chi connectivity index (χ4v) is 3.78. The lowest BCUT2D eigenvalue weighted by atomic mass is 9.90. The molecule has 0 spiro atoms. The number of likely N-dealkylation sites (tertiary alicyclic amines) is 1. The van der Waals surface area contributed by atoms with Crippen LogP contribution in [0.25, 0.3) is 0 Å². The fourth-order valence-electron chi connectivity index (χ4n) is 3.15. The summed E-state index contributed by atoms with van der Waals surface area (Å²) in [5.41, 5.74) is 0.905. The first-order valence-electron chi connectivity index (χ1n) is 8.79. The van der Waals surface area contributed by atoms with Crippen molar-refractivity contribution in [2.24, 2.45) is 0 Å². The number of aromatic nitrogens is 1. The van der Waals surface area contributed by atoms with Crippen LogP contribution in [0.2, 0.25) is 0 Å². The summed E-state index contributed by atoms with van der Waals surface area (Å²) in [6.07, 6.45) is 3.07. The lowest BCUT2D eigenvalue weighted by Gasteiger charge is -2.30. The Hall–Kier alpha value is -2.68. The minimum absolute atomic E-state index is 0.0797. The number of rotatable bonds is 5. The number of nitrogens with zero attached hydrogens (tertiary/aromatic N) is 2. The van der Waals surface area contributed by atoms with Crippen molar-refractivity contribution in [1.82, 2.24) is 9.88 Å². The molecule has 0 saturated carbocycles. The summed E-state index contributed by atoms with van der Waals surface area (Å²) in [6, 6.07) is 7.32. The molecule has 1 amide bonds. The maximum absolute atomic E-state index is 14.4. The number of halogens is 1. The van der Waals surface area contributed by atoms with Crippen LogP contribution < -0.4 is 4.74 Å². The summed E-state index contributed by atoms with van der Waals surface area (Å²) in [4.78, 5) is 16.7. The minimum Gasteiger partial charge on any atom is -0.487 e. The van der Waals surface area contributed by atoms with E-state index in [2.05, 4.69) is 4.98 Å². The Labute approximate surface area is 162 Å². The van der Waals surface area contributed by atoms with Crippen LogP contribution in [0.4, 0.5) is 9.18 Å². The number of sulfone groups is 1. The predicted octanol–water partition coefficient (Wildman–Crippen LogP) is 3.06. The van der Waals surface area contributed by atoms with E-state index < -0.39 is 21.7 Å². The Morgan fingerprint density at radius 2 is 1.93 bits per heavy atom. The van der Waals surface area contributed by atoms with Gasteiger partial charge < -0.3 is 14.7 Å². The molecule has 1 fully saturated rings. The molecule has 9 heteroatoms. The molecule has 0 atom stereocenters. The van der Waals surface area contributed by atoms with Crippen LogP contribution in [0.15, 0.2) is 41.4 Å². The molecule has 28 heavy (non-hydrogen) atoms. The Balaban J connectivity index is 1.61. The largest absolute Gasteiger partial charge is 0.487 e. The number of pyridine rings is 1. The van der Waals surface area contributed by atoms with Crippen LogP contribution in [0.5, 0.6) is 5.75 Å². The van der Waals surface area contributed by atoms with Gasteiger partial charge >= 0.3 is 6.09 Å². The standard InChI is InChI=1S/C19H21FN2O5S/c1-28(25,26)16-4-2-15(3-5-16)27-12-18-17(20)10-14(11-21-18)13-6-8-22(9-7-13)19(23)24/h2-5,10-11,13H,6-9,12H2,1H3,(H,23,24). The molecule has 1 aromatic carbocycles. The molecule has 1 aliphatic rings. The van der Waals surface area contributed by atoms with Gasteiger partial charge in [-0.3, -0.25) is 4.98 Å². The maximum atomic E-state index is 14.4. The summed E-state index contributed by atoms with van der Waals surface area (Å²) < 4.78 is 42.8. The minimum atomic E-state index is -3.28. The average Bonchev–Trinajstić information content (AvgIpc) is 2.66. The van der Waals surface area contributed by atoms with E-state index in [0.717, 1.165) is 11.8 Å². The van der Waals surface area contributed by atoms with E-state index in [4.69, 9.17) is 9.84 Å². The van der Waals surface area contributed by atoms with Gasteiger partial charge in [0.1, 0.15) is 23.9 Å². The molecule has 150 valence electrons. The number of hydrogen-bond donors (Lipinski definition) is 1. The summed E-state index contributed by atoms with van der Waals surface area (Å²) >= 11 is 0. The van der Waals surface area contributed by atoms with Gasteiger partial charge in [0, 0.05) is 25.5 Å². The van der Waals surface area contributed by atoms with Crippen molar-refractivity contribution in [2.45, 2.75) is 30.3 Å². The zero-order chi connectivity index (χ0) is 20.3. The highest BCUT2D eigenvalue weighted by Crippen LogP contribution is 2.28. The number of ether oxygens (including phenoxy) is 1. The highest BCUT2D eigenvalue weighted by Gasteiger charge is 2.24. The third kappa shape index (κ3) is 4.78. The number of carboxylic acid groups (broad SMARTS) is 1. The fraction of sp³-hybridized carbons (Fsp3) is 0.368. The number of amides is 1. The normalized spacial score (nSPS) is 15.4. The molecule has 0 unspecified atom stereocenters. The van der Waals surface area contributed by atoms with Crippen LogP contribution in [-0.2, 0) is 16.4 Å². The average molecular weight is 408 g/mol. The quantitative estimate of drug-likeness (QED) is 0.817. The Kier molecular flexibility index (Phi) is 5.83. The smallest absolute Gasteiger partial charge is 0.407 e. The van der Waals surface area contributed by atoms with Crippen molar-refractivity contribution in [3.63, 3.8) is 0 Å². The van der Waals surface area contributed by atoms with E-state index in [1.165, 1.54) is 35.2 Å². The van der Waals surface area contributed by atoms with Crippen LogP contribution in [0, 0.1) is 5.82 Å². The molecule has 1 N–H and O–H groups in total. The molecule has 7 nitrogen and oxygen atoms in total. The first kappa shape index (κ1) is 20.1. The topological polar surface area (TPSA) is 96.8 Å². The SMILES string of the molecule is CS(=O)(=O)c1ccc(OCc2ncc(C3CCN(C(=O)O)CC3)cc2F)cc1. The second-order valence-electron chi connectivity index (χ2n) is 6.77. The van der Waals surface area contributed by atoms with Gasteiger partial charge in [0.15, 0.2) is 9.84 Å². The van der Waals surface area contributed by atoms with Crippen LogP contribution in [-0.4, -0.2) is 48.8 Å². The summed E-state index contributed by atoms with van der Waals surface area (Å²) in [6.45, 7) is 0.772. The summed E-state index contributed by atoms with van der Waals surface area (Å²) in [5, 5.41) is 8.99. The van der Waals surface area contributed by atoms with Crippen molar-refractivity contribution < 1.29 is 27.4 Å². The Morgan fingerprint density at radius 1 is 1.29 bits per heavy atom. The maximum Gasteiger partial charge on any atom is 0.407 e. The van der Waals surface area contributed by atoms with Gasteiger partial charge in [-0.25, -0.2) is 17.6 Å². The number of carbonyl (C=O) groups is 1. The molecular weight excluding hydrogens is 387 g/mol. The molecule has 1 aromatic heterocycles. The van der Waals surface area contributed by atoms with E-state index in [0.29, 0.717) is 31.7 Å². The van der Waals surface area contributed by atoms with Gasteiger partial charge in [0.25, 0.3) is 0 Å².